The first-order chi connectivity index (χ1) is 13.5. The molecule has 1 aromatic carbocycles. The number of nitrogens with zero attached hydrogens (tertiary/aromatic N) is 4. The smallest absolute Gasteiger partial charge is 0.246 e. The third-order valence-electron chi connectivity index (χ3n) is 5.74. The SMILES string of the molecule is C=CC(=O)N1CC(N2CCN(C(=O)CCc3cc(Cl)cc4cn[nH]c34)CC2)C1. The maximum atomic E-state index is 12.7. The van der Waals surface area contributed by atoms with E-state index in [1.54, 1.807) is 11.1 Å². The van der Waals surface area contributed by atoms with E-state index in [9.17, 15) is 9.59 Å². The van der Waals surface area contributed by atoms with Crippen molar-refractivity contribution >= 4 is 34.3 Å². The number of hydrogen-bond donors (Lipinski definition) is 1. The lowest BCUT2D eigenvalue weighted by molar-refractivity contribution is -0.136. The highest BCUT2D eigenvalue weighted by Gasteiger charge is 2.35. The molecule has 0 aliphatic carbocycles. The summed E-state index contributed by atoms with van der Waals surface area (Å²) in [5.74, 6) is 0.168. The fourth-order valence-electron chi connectivity index (χ4n) is 4.02. The number of carbonyl (C=O) groups is 2. The maximum Gasteiger partial charge on any atom is 0.246 e. The Bertz CT molecular complexity index is 897. The number of nitrogens with one attached hydrogen (secondary N) is 1. The van der Waals surface area contributed by atoms with E-state index in [-0.39, 0.29) is 11.8 Å². The van der Waals surface area contributed by atoms with Gasteiger partial charge in [0.2, 0.25) is 11.8 Å². The van der Waals surface area contributed by atoms with Crippen LogP contribution < -0.4 is 0 Å². The Kier molecular flexibility index (Phi) is 5.37. The molecule has 4 rings (SSSR count). The fraction of sp³-hybridized carbons (Fsp3) is 0.450. The lowest BCUT2D eigenvalue weighted by atomic mass is 10.0. The predicted octanol–water partition coefficient (Wildman–Crippen LogP) is 1.69. The second kappa shape index (κ2) is 7.93. The number of aromatic nitrogens is 2. The van der Waals surface area contributed by atoms with E-state index in [1.165, 1.54) is 6.08 Å². The summed E-state index contributed by atoms with van der Waals surface area (Å²) in [6, 6.07) is 4.18. The summed E-state index contributed by atoms with van der Waals surface area (Å²) in [7, 11) is 0. The fourth-order valence-corrected chi connectivity index (χ4v) is 4.27. The highest BCUT2D eigenvalue weighted by atomic mass is 35.5. The second-order valence-corrected chi connectivity index (χ2v) is 7.85. The van der Waals surface area contributed by atoms with E-state index in [1.807, 2.05) is 17.0 Å². The van der Waals surface area contributed by atoms with Gasteiger partial charge in [-0.3, -0.25) is 19.6 Å². The number of amides is 2. The third kappa shape index (κ3) is 3.77. The van der Waals surface area contributed by atoms with Crippen LogP contribution in [0.15, 0.2) is 31.0 Å². The number of aromatic amines is 1. The van der Waals surface area contributed by atoms with E-state index >= 15 is 0 Å². The first kappa shape index (κ1) is 19.0. The van der Waals surface area contributed by atoms with Crippen LogP contribution in [0.3, 0.4) is 0 Å². The molecule has 2 saturated heterocycles. The van der Waals surface area contributed by atoms with Gasteiger partial charge in [0.25, 0.3) is 0 Å². The topological polar surface area (TPSA) is 72.5 Å². The predicted molar refractivity (Wildman–Crippen MR) is 108 cm³/mol. The van der Waals surface area contributed by atoms with Crippen LogP contribution in [0.4, 0.5) is 0 Å². The second-order valence-electron chi connectivity index (χ2n) is 7.42. The number of hydrogen-bond acceptors (Lipinski definition) is 4. The van der Waals surface area contributed by atoms with Crippen LogP contribution in [0.5, 0.6) is 0 Å². The van der Waals surface area contributed by atoms with Gasteiger partial charge in [-0.1, -0.05) is 18.2 Å². The van der Waals surface area contributed by atoms with Gasteiger partial charge in [-0.25, -0.2) is 0 Å². The molecule has 0 atom stereocenters. The van der Waals surface area contributed by atoms with Gasteiger partial charge >= 0.3 is 0 Å². The number of carbonyl (C=O) groups excluding carboxylic acids is 2. The molecule has 2 fully saturated rings. The van der Waals surface area contributed by atoms with Crippen molar-refractivity contribution < 1.29 is 9.59 Å². The zero-order valence-corrected chi connectivity index (χ0v) is 16.5. The minimum Gasteiger partial charge on any atom is -0.340 e. The van der Waals surface area contributed by atoms with E-state index in [4.69, 9.17) is 11.6 Å². The van der Waals surface area contributed by atoms with Crippen LogP contribution in [0.1, 0.15) is 12.0 Å². The van der Waals surface area contributed by atoms with Crippen LogP contribution in [0.2, 0.25) is 5.02 Å². The molecule has 2 aromatic rings. The number of halogens is 1. The molecule has 1 N–H and O–H groups in total. The molecule has 1 aromatic heterocycles. The molecule has 2 aliphatic heterocycles. The number of aryl methyl sites for hydroxylation is 1. The van der Waals surface area contributed by atoms with Crippen molar-refractivity contribution in [3.8, 4) is 0 Å². The van der Waals surface area contributed by atoms with E-state index in [0.29, 0.717) is 23.9 Å². The largest absolute Gasteiger partial charge is 0.340 e. The Morgan fingerprint density at radius 1 is 1.21 bits per heavy atom. The van der Waals surface area contributed by atoms with E-state index in [0.717, 1.165) is 55.7 Å². The summed E-state index contributed by atoms with van der Waals surface area (Å²) in [6.07, 6.45) is 4.21. The Hall–Kier alpha value is -2.38. The molecule has 0 bridgehead atoms. The molecule has 2 amide bonds. The summed E-state index contributed by atoms with van der Waals surface area (Å²) >= 11 is 6.18. The molecule has 0 spiro atoms. The highest BCUT2D eigenvalue weighted by Crippen LogP contribution is 2.24. The normalized spacial score (nSPS) is 18.3. The molecule has 0 radical (unpaired) electrons. The molecule has 0 saturated carbocycles. The summed E-state index contributed by atoms with van der Waals surface area (Å²) in [4.78, 5) is 30.3. The molecule has 7 nitrogen and oxygen atoms in total. The average molecular weight is 402 g/mol. The Labute approximate surface area is 168 Å². The molecule has 3 heterocycles. The molecular formula is C20H24ClN5O2. The highest BCUT2D eigenvalue weighted by molar-refractivity contribution is 6.31. The van der Waals surface area contributed by atoms with Gasteiger partial charge in [0.15, 0.2) is 0 Å². The first-order valence-electron chi connectivity index (χ1n) is 9.60. The number of piperazine rings is 1. The Morgan fingerprint density at radius 3 is 2.68 bits per heavy atom. The average Bonchev–Trinajstić information content (AvgIpc) is 3.13. The quantitative estimate of drug-likeness (QED) is 0.774. The molecule has 28 heavy (non-hydrogen) atoms. The van der Waals surface area contributed by atoms with Crippen LogP contribution in [0, 0.1) is 0 Å². The van der Waals surface area contributed by atoms with Crippen molar-refractivity contribution in [1.29, 1.82) is 0 Å². The molecule has 0 unspecified atom stereocenters. The third-order valence-corrected chi connectivity index (χ3v) is 5.95. The summed E-state index contributed by atoms with van der Waals surface area (Å²) in [5, 5.41) is 8.68. The van der Waals surface area contributed by atoms with Crippen molar-refractivity contribution in [2.24, 2.45) is 0 Å². The molecule has 8 heteroatoms. The van der Waals surface area contributed by atoms with Crippen LogP contribution >= 0.6 is 11.6 Å². The van der Waals surface area contributed by atoms with Crippen LogP contribution in [-0.4, -0.2) is 82.0 Å². The van der Waals surface area contributed by atoms with Gasteiger partial charge < -0.3 is 9.80 Å². The molecule has 2 aliphatic rings. The zero-order valence-electron chi connectivity index (χ0n) is 15.7. The monoisotopic (exact) mass is 401 g/mol. The van der Waals surface area contributed by atoms with Gasteiger partial charge in [-0.15, -0.1) is 0 Å². The van der Waals surface area contributed by atoms with Crippen molar-refractivity contribution in [2.45, 2.75) is 18.9 Å². The van der Waals surface area contributed by atoms with Gasteiger partial charge in [0.1, 0.15) is 0 Å². The van der Waals surface area contributed by atoms with Gasteiger partial charge in [-0.2, -0.15) is 5.10 Å². The Morgan fingerprint density at radius 2 is 1.96 bits per heavy atom. The Balaban J connectivity index is 1.26. The summed E-state index contributed by atoms with van der Waals surface area (Å²) < 4.78 is 0. The lowest BCUT2D eigenvalue weighted by Gasteiger charge is -2.47. The maximum absolute atomic E-state index is 12.7. The molecule has 148 valence electrons. The lowest BCUT2D eigenvalue weighted by Crippen LogP contribution is -2.64. The van der Waals surface area contributed by atoms with Crippen molar-refractivity contribution in [2.75, 3.05) is 39.3 Å². The molecular weight excluding hydrogens is 378 g/mol. The van der Waals surface area contributed by atoms with Crippen molar-refractivity contribution in [3.05, 3.63) is 41.6 Å². The summed E-state index contributed by atoms with van der Waals surface area (Å²) in [5.41, 5.74) is 1.97. The number of likely N-dealkylation sites (tertiary alicyclic amines) is 1. The minimum absolute atomic E-state index is 0.00236. The number of fused-ring (bicyclic) bond motifs is 1. The van der Waals surface area contributed by atoms with Crippen molar-refractivity contribution in [1.82, 2.24) is 24.9 Å². The van der Waals surface area contributed by atoms with E-state index in [2.05, 4.69) is 21.7 Å². The standard InChI is InChI=1S/C20H24ClN5O2/c1-2-18(27)26-12-17(13-26)24-5-7-25(8-6-24)19(28)4-3-14-9-16(21)10-15-11-22-23-20(14)15/h2,9-11,17H,1,3-8,12-13H2,(H,22,23). The number of rotatable bonds is 5. The van der Waals surface area contributed by atoms with Gasteiger partial charge in [-0.05, 0) is 30.2 Å². The number of H-pyrrole nitrogens is 1. The van der Waals surface area contributed by atoms with Crippen molar-refractivity contribution in [3.63, 3.8) is 0 Å². The van der Waals surface area contributed by atoms with Crippen LogP contribution in [0.25, 0.3) is 10.9 Å². The summed E-state index contributed by atoms with van der Waals surface area (Å²) in [6.45, 7) is 8.22. The van der Waals surface area contributed by atoms with Gasteiger partial charge in [0.05, 0.1) is 11.7 Å². The minimum atomic E-state index is -0.00236. The van der Waals surface area contributed by atoms with Gasteiger partial charge in [0, 0.05) is 62.1 Å². The first-order valence-corrected chi connectivity index (χ1v) is 9.97. The van der Waals surface area contributed by atoms with E-state index < -0.39 is 0 Å². The van der Waals surface area contributed by atoms with Crippen LogP contribution in [-0.2, 0) is 16.0 Å². The number of benzene rings is 1. The zero-order chi connectivity index (χ0) is 19.7.